The molecule has 0 N–H and O–H groups in total. The molecule has 0 unspecified atom stereocenters. The van der Waals surface area contributed by atoms with Gasteiger partial charge >= 0.3 is 0 Å². The standard InChI is InChI=1S/C13H23N3/c1-2-15-8-5-13(6-9-15)16-7-3-4-12(10-14)11-16/h12-13H,2-9,11H2,1H3/t12-/m1/s1. The lowest BCUT2D eigenvalue weighted by Gasteiger charge is -2.41. The Balaban J connectivity index is 1.82. The zero-order valence-corrected chi connectivity index (χ0v) is 10.4. The van der Waals surface area contributed by atoms with Crippen molar-refractivity contribution in [3.8, 4) is 6.07 Å². The predicted molar refractivity (Wildman–Crippen MR) is 65.0 cm³/mol. The molecule has 16 heavy (non-hydrogen) atoms. The average molecular weight is 221 g/mol. The molecule has 2 rings (SSSR count). The highest BCUT2D eigenvalue weighted by atomic mass is 15.2. The van der Waals surface area contributed by atoms with Crippen LogP contribution in [0, 0.1) is 17.2 Å². The molecule has 3 heteroatoms. The van der Waals surface area contributed by atoms with Crippen LogP contribution < -0.4 is 0 Å². The third kappa shape index (κ3) is 2.75. The summed E-state index contributed by atoms with van der Waals surface area (Å²) < 4.78 is 0. The van der Waals surface area contributed by atoms with Gasteiger partial charge in [-0.1, -0.05) is 6.92 Å². The third-order valence-corrected chi connectivity index (χ3v) is 4.16. The fourth-order valence-electron chi connectivity index (χ4n) is 3.04. The number of nitriles is 1. The number of hydrogen-bond acceptors (Lipinski definition) is 3. The minimum atomic E-state index is 0.290. The van der Waals surface area contributed by atoms with E-state index in [0.717, 1.165) is 19.0 Å². The van der Waals surface area contributed by atoms with Gasteiger partial charge in [0.05, 0.1) is 12.0 Å². The van der Waals surface area contributed by atoms with Crippen molar-refractivity contribution >= 4 is 0 Å². The monoisotopic (exact) mass is 221 g/mol. The molecule has 3 nitrogen and oxygen atoms in total. The van der Waals surface area contributed by atoms with Crippen LogP contribution in [0.1, 0.15) is 32.6 Å². The molecule has 0 aromatic carbocycles. The zero-order valence-electron chi connectivity index (χ0n) is 10.4. The Kier molecular flexibility index (Phi) is 4.20. The highest BCUT2D eigenvalue weighted by Gasteiger charge is 2.28. The molecule has 2 fully saturated rings. The minimum Gasteiger partial charge on any atom is -0.303 e. The molecular formula is C13H23N3. The van der Waals surface area contributed by atoms with Gasteiger partial charge in [-0.15, -0.1) is 0 Å². The Bertz CT molecular complexity index is 250. The highest BCUT2D eigenvalue weighted by Crippen LogP contribution is 2.23. The molecule has 0 radical (unpaired) electrons. The molecular weight excluding hydrogens is 198 g/mol. The molecule has 0 aromatic heterocycles. The zero-order chi connectivity index (χ0) is 11.4. The maximum absolute atomic E-state index is 9.00. The minimum absolute atomic E-state index is 0.290. The highest BCUT2D eigenvalue weighted by molar-refractivity contribution is 4.91. The van der Waals surface area contributed by atoms with Crippen molar-refractivity contribution in [2.45, 2.75) is 38.6 Å². The summed E-state index contributed by atoms with van der Waals surface area (Å²) in [5.41, 5.74) is 0. The largest absolute Gasteiger partial charge is 0.303 e. The van der Waals surface area contributed by atoms with E-state index in [1.54, 1.807) is 0 Å². The second-order valence-electron chi connectivity index (χ2n) is 5.13. The van der Waals surface area contributed by atoms with E-state index in [4.69, 9.17) is 5.26 Å². The van der Waals surface area contributed by atoms with Crippen molar-refractivity contribution in [3.05, 3.63) is 0 Å². The van der Waals surface area contributed by atoms with Gasteiger partial charge < -0.3 is 4.90 Å². The van der Waals surface area contributed by atoms with Gasteiger partial charge in [-0.3, -0.25) is 4.90 Å². The van der Waals surface area contributed by atoms with E-state index in [-0.39, 0.29) is 5.92 Å². The number of rotatable bonds is 2. The van der Waals surface area contributed by atoms with Gasteiger partial charge in [-0.25, -0.2) is 0 Å². The quantitative estimate of drug-likeness (QED) is 0.711. The second-order valence-corrected chi connectivity index (χ2v) is 5.13. The first-order valence-electron chi connectivity index (χ1n) is 6.69. The fourth-order valence-corrected chi connectivity index (χ4v) is 3.04. The van der Waals surface area contributed by atoms with E-state index in [9.17, 15) is 0 Å². The van der Waals surface area contributed by atoms with Crippen LogP contribution in [0.4, 0.5) is 0 Å². The first-order chi connectivity index (χ1) is 7.83. The normalized spacial score (nSPS) is 30.1. The van der Waals surface area contributed by atoms with E-state index in [0.29, 0.717) is 0 Å². The summed E-state index contributed by atoms with van der Waals surface area (Å²) in [4.78, 5) is 5.10. The Morgan fingerprint density at radius 2 is 1.94 bits per heavy atom. The molecule has 0 bridgehead atoms. The Labute approximate surface area is 99.0 Å². The van der Waals surface area contributed by atoms with Gasteiger partial charge in [0, 0.05) is 12.6 Å². The van der Waals surface area contributed by atoms with E-state index < -0.39 is 0 Å². The van der Waals surface area contributed by atoms with Crippen molar-refractivity contribution in [1.29, 1.82) is 5.26 Å². The molecule has 0 saturated carbocycles. The van der Waals surface area contributed by atoms with Crippen LogP contribution in [0.15, 0.2) is 0 Å². The maximum atomic E-state index is 9.00. The van der Waals surface area contributed by atoms with Gasteiger partial charge in [0.1, 0.15) is 0 Å². The lowest BCUT2D eigenvalue weighted by Crippen LogP contribution is -2.48. The van der Waals surface area contributed by atoms with Crippen molar-refractivity contribution in [3.63, 3.8) is 0 Å². The summed E-state index contributed by atoms with van der Waals surface area (Å²) in [5, 5.41) is 9.00. The number of nitrogens with zero attached hydrogens (tertiary/aromatic N) is 3. The van der Waals surface area contributed by atoms with Crippen molar-refractivity contribution < 1.29 is 0 Å². The van der Waals surface area contributed by atoms with Crippen molar-refractivity contribution in [1.82, 2.24) is 9.80 Å². The van der Waals surface area contributed by atoms with Crippen LogP contribution in [0.25, 0.3) is 0 Å². The van der Waals surface area contributed by atoms with E-state index in [1.807, 2.05) is 0 Å². The summed E-state index contributed by atoms with van der Waals surface area (Å²) in [6.07, 6.45) is 4.92. The van der Waals surface area contributed by atoms with Crippen LogP contribution in [-0.2, 0) is 0 Å². The molecule has 1 atom stereocenters. The van der Waals surface area contributed by atoms with Crippen LogP contribution in [0.3, 0.4) is 0 Å². The molecule has 2 heterocycles. The summed E-state index contributed by atoms with van der Waals surface area (Å²) in [5.74, 6) is 0.290. The van der Waals surface area contributed by atoms with Crippen LogP contribution in [0.2, 0.25) is 0 Å². The molecule has 0 aliphatic carbocycles. The predicted octanol–water partition coefficient (Wildman–Crippen LogP) is 1.71. The second kappa shape index (κ2) is 5.65. The van der Waals surface area contributed by atoms with Crippen LogP contribution >= 0.6 is 0 Å². The molecule has 2 saturated heterocycles. The van der Waals surface area contributed by atoms with Crippen LogP contribution in [-0.4, -0.2) is 48.6 Å². The third-order valence-electron chi connectivity index (χ3n) is 4.16. The smallest absolute Gasteiger partial charge is 0.0669 e. The average Bonchev–Trinajstić information content (AvgIpc) is 2.39. The first-order valence-corrected chi connectivity index (χ1v) is 6.69. The maximum Gasteiger partial charge on any atom is 0.0669 e. The van der Waals surface area contributed by atoms with Crippen LogP contribution in [0.5, 0.6) is 0 Å². The molecule has 0 amide bonds. The molecule has 2 aliphatic rings. The van der Waals surface area contributed by atoms with Crippen molar-refractivity contribution in [2.24, 2.45) is 5.92 Å². The molecule has 0 spiro atoms. The van der Waals surface area contributed by atoms with Crippen molar-refractivity contribution in [2.75, 3.05) is 32.7 Å². The fraction of sp³-hybridized carbons (Fsp3) is 0.923. The van der Waals surface area contributed by atoms with E-state index in [1.165, 1.54) is 45.4 Å². The summed E-state index contributed by atoms with van der Waals surface area (Å²) >= 11 is 0. The van der Waals surface area contributed by atoms with E-state index in [2.05, 4.69) is 22.8 Å². The summed E-state index contributed by atoms with van der Waals surface area (Å²) in [6, 6.07) is 3.19. The SMILES string of the molecule is CCN1CCC(N2CCC[C@H](C#N)C2)CC1. The lowest BCUT2D eigenvalue weighted by molar-refractivity contribution is 0.0834. The first kappa shape index (κ1) is 11.9. The van der Waals surface area contributed by atoms with E-state index >= 15 is 0 Å². The molecule has 2 aliphatic heterocycles. The summed E-state index contributed by atoms with van der Waals surface area (Å²) in [7, 11) is 0. The molecule has 0 aromatic rings. The van der Waals surface area contributed by atoms with Gasteiger partial charge in [0.25, 0.3) is 0 Å². The summed E-state index contributed by atoms with van der Waals surface area (Å²) in [6.45, 7) is 8.16. The Hall–Kier alpha value is -0.590. The van der Waals surface area contributed by atoms with Gasteiger partial charge in [0.15, 0.2) is 0 Å². The Morgan fingerprint density at radius 1 is 1.19 bits per heavy atom. The van der Waals surface area contributed by atoms with Gasteiger partial charge in [-0.2, -0.15) is 5.26 Å². The number of likely N-dealkylation sites (tertiary alicyclic amines) is 2. The number of piperidine rings is 2. The van der Waals surface area contributed by atoms with Gasteiger partial charge in [-0.05, 0) is 51.9 Å². The molecule has 90 valence electrons. The topological polar surface area (TPSA) is 30.3 Å². The lowest BCUT2D eigenvalue weighted by atomic mass is 9.95. The van der Waals surface area contributed by atoms with Gasteiger partial charge in [0.2, 0.25) is 0 Å². The Morgan fingerprint density at radius 3 is 2.56 bits per heavy atom. The number of hydrogen-bond donors (Lipinski definition) is 0.